The lowest BCUT2D eigenvalue weighted by molar-refractivity contribution is -0.237. The number of rotatable bonds is 7. The third-order valence-corrected chi connectivity index (χ3v) is 8.77. The number of carbonyl (C=O) groups excluding carboxylic acids is 4. The number of benzene rings is 1. The first-order valence-corrected chi connectivity index (χ1v) is 14.2. The minimum absolute atomic E-state index is 0.271. The number of ether oxygens (including phenoxy) is 5. The Hall–Kier alpha value is -2.35. The average Bonchev–Trinajstić information content (AvgIpc) is 2.83. The Morgan fingerprint density at radius 1 is 0.919 bits per heavy atom. The van der Waals surface area contributed by atoms with Crippen molar-refractivity contribution in [3.8, 4) is 0 Å². The lowest BCUT2D eigenvalue weighted by Crippen LogP contribution is -2.61. The molecule has 0 bridgehead atoms. The third kappa shape index (κ3) is 8.32. The Morgan fingerprint density at radius 3 is 2.14 bits per heavy atom. The van der Waals surface area contributed by atoms with Crippen molar-refractivity contribution in [3.63, 3.8) is 0 Å². The van der Waals surface area contributed by atoms with Crippen LogP contribution in [-0.2, 0) is 55.8 Å². The highest BCUT2D eigenvalue weighted by Crippen LogP contribution is 2.40. The second-order valence-corrected chi connectivity index (χ2v) is 11.4. The predicted molar refractivity (Wildman–Crippen MR) is 140 cm³/mol. The number of thiocarbonyl (C=S) groups is 1. The van der Waals surface area contributed by atoms with Crippen LogP contribution in [0.25, 0.3) is 0 Å². The summed E-state index contributed by atoms with van der Waals surface area (Å²) >= 11 is 5.67. The van der Waals surface area contributed by atoms with E-state index in [1.165, 1.54) is 60.4 Å². The number of hydrogen-bond donors (Lipinski definition) is 0. The second-order valence-electron chi connectivity index (χ2n) is 8.45. The summed E-state index contributed by atoms with van der Waals surface area (Å²) in [6.07, 6.45) is -3.63. The SMILES string of the molecule is CC(=O)OCC1O[C@@H](SSC(=S)N2CCc3ccccc3C2)C(OC(C)=O)C(OC(C)=O)[C@@H]1OC(C)=O. The molecule has 0 radical (unpaired) electrons. The third-order valence-electron chi connectivity index (χ3n) is 5.55. The van der Waals surface area contributed by atoms with Gasteiger partial charge in [0, 0.05) is 40.8 Å². The average molecular weight is 572 g/mol. The second kappa shape index (κ2) is 13.4. The van der Waals surface area contributed by atoms with Gasteiger partial charge in [0.05, 0.1) is 0 Å². The molecule has 2 aliphatic rings. The fraction of sp³-hybridized carbons (Fsp3) is 0.542. The Labute approximate surface area is 228 Å². The van der Waals surface area contributed by atoms with Gasteiger partial charge in [0.15, 0.2) is 23.7 Å². The maximum atomic E-state index is 12.0. The number of esters is 4. The molecule has 5 atom stereocenters. The molecule has 1 aromatic carbocycles. The summed E-state index contributed by atoms with van der Waals surface area (Å²) in [5, 5.41) is 0. The molecule has 10 nitrogen and oxygen atoms in total. The zero-order valence-corrected chi connectivity index (χ0v) is 23.3. The first-order valence-electron chi connectivity index (χ1n) is 11.5. The van der Waals surface area contributed by atoms with Crippen LogP contribution >= 0.6 is 33.8 Å². The van der Waals surface area contributed by atoms with Gasteiger partial charge in [-0.05, 0) is 28.3 Å². The van der Waals surface area contributed by atoms with Gasteiger partial charge in [-0.25, -0.2) is 0 Å². The van der Waals surface area contributed by atoms with Gasteiger partial charge < -0.3 is 28.6 Å². The lowest BCUT2D eigenvalue weighted by atomic mass is 9.99. The van der Waals surface area contributed by atoms with Gasteiger partial charge in [-0.2, -0.15) is 0 Å². The number of carbonyl (C=O) groups is 4. The van der Waals surface area contributed by atoms with Crippen molar-refractivity contribution in [2.75, 3.05) is 13.2 Å². The molecule has 1 fully saturated rings. The van der Waals surface area contributed by atoms with Gasteiger partial charge in [-0.1, -0.05) is 47.3 Å². The van der Waals surface area contributed by atoms with Crippen LogP contribution < -0.4 is 0 Å². The van der Waals surface area contributed by atoms with E-state index in [2.05, 4.69) is 17.0 Å². The van der Waals surface area contributed by atoms with E-state index in [0.717, 1.165) is 13.0 Å². The molecule has 0 saturated carbocycles. The molecule has 0 amide bonds. The summed E-state index contributed by atoms with van der Waals surface area (Å²) in [6.45, 7) is 5.95. The largest absolute Gasteiger partial charge is 0.463 e. The highest BCUT2D eigenvalue weighted by atomic mass is 33.1. The zero-order valence-electron chi connectivity index (χ0n) is 20.9. The molecule has 0 spiro atoms. The fourth-order valence-corrected chi connectivity index (χ4v) is 6.83. The summed E-state index contributed by atoms with van der Waals surface area (Å²) in [5.41, 5.74) is 1.61. The van der Waals surface area contributed by atoms with Crippen LogP contribution in [0, 0.1) is 0 Å². The smallest absolute Gasteiger partial charge is 0.303 e. The maximum absolute atomic E-state index is 12.0. The number of nitrogens with zero attached hydrogens (tertiary/aromatic N) is 1. The van der Waals surface area contributed by atoms with Crippen molar-refractivity contribution >= 4 is 62.0 Å². The minimum Gasteiger partial charge on any atom is -0.463 e. The number of hydrogen-bond acceptors (Lipinski definition) is 12. The topological polar surface area (TPSA) is 118 Å². The molecule has 2 aliphatic heterocycles. The molecular formula is C24H29NO9S3. The van der Waals surface area contributed by atoms with E-state index in [0.29, 0.717) is 10.9 Å². The molecule has 1 saturated heterocycles. The molecule has 0 N–H and O–H groups in total. The molecule has 37 heavy (non-hydrogen) atoms. The first kappa shape index (κ1) is 29.2. The van der Waals surface area contributed by atoms with E-state index in [1.54, 1.807) is 0 Å². The molecule has 1 aromatic rings. The van der Waals surface area contributed by atoms with Crippen molar-refractivity contribution in [2.24, 2.45) is 0 Å². The van der Waals surface area contributed by atoms with Crippen LogP contribution in [0.4, 0.5) is 0 Å². The van der Waals surface area contributed by atoms with Gasteiger partial charge in [-0.15, -0.1) is 0 Å². The summed E-state index contributed by atoms with van der Waals surface area (Å²) in [5.74, 6) is -2.56. The predicted octanol–water partition coefficient (Wildman–Crippen LogP) is 2.79. The zero-order chi connectivity index (χ0) is 27.1. The van der Waals surface area contributed by atoms with Crippen LogP contribution in [0.15, 0.2) is 24.3 Å². The van der Waals surface area contributed by atoms with Gasteiger partial charge in [-0.3, -0.25) is 19.2 Å². The van der Waals surface area contributed by atoms with E-state index in [-0.39, 0.29) is 6.61 Å². The molecule has 3 unspecified atom stereocenters. The fourth-order valence-electron chi connectivity index (χ4n) is 4.06. The Bertz CT molecular complexity index is 1040. The van der Waals surface area contributed by atoms with Gasteiger partial charge in [0.1, 0.15) is 17.0 Å². The van der Waals surface area contributed by atoms with E-state index < -0.39 is 53.7 Å². The highest BCUT2D eigenvalue weighted by Gasteiger charge is 2.52. The van der Waals surface area contributed by atoms with E-state index >= 15 is 0 Å². The monoisotopic (exact) mass is 571 g/mol. The summed E-state index contributed by atoms with van der Waals surface area (Å²) in [6, 6.07) is 8.18. The Morgan fingerprint density at radius 2 is 1.51 bits per heavy atom. The van der Waals surface area contributed by atoms with E-state index in [1.807, 2.05) is 12.1 Å². The Kier molecular flexibility index (Phi) is 10.6. The summed E-state index contributed by atoms with van der Waals surface area (Å²) in [4.78, 5) is 49.3. The lowest BCUT2D eigenvalue weighted by Gasteiger charge is -2.44. The van der Waals surface area contributed by atoms with Crippen LogP contribution in [0.3, 0.4) is 0 Å². The van der Waals surface area contributed by atoms with Crippen LogP contribution in [0.5, 0.6) is 0 Å². The normalized spacial score (nSPS) is 24.9. The van der Waals surface area contributed by atoms with Crippen molar-refractivity contribution in [3.05, 3.63) is 35.4 Å². The first-order chi connectivity index (χ1) is 17.5. The molecule has 2 heterocycles. The van der Waals surface area contributed by atoms with Crippen LogP contribution in [0.1, 0.15) is 38.8 Å². The number of fused-ring (bicyclic) bond motifs is 1. The van der Waals surface area contributed by atoms with Gasteiger partial charge >= 0.3 is 23.9 Å². The van der Waals surface area contributed by atoms with Gasteiger partial charge in [0.2, 0.25) is 0 Å². The maximum Gasteiger partial charge on any atom is 0.303 e. The quantitative estimate of drug-likeness (QED) is 0.207. The molecule has 202 valence electrons. The standard InChI is InChI=1S/C24H29NO9S3/c1-13(26)30-12-19-20(31-14(2)27)21(32-15(3)28)22(33-16(4)29)23(34-19)36-37-24(35)25-10-9-17-7-5-6-8-18(17)11-25/h5-8,19-23H,9-12H2,1-4H3/t19?,20-,21?,22?,23+/m1/s1. The van der Waals surface area contributed by atoms with Gasteiger partial charge in [0.25, 0.3) is 0 Å². The van der Waals surface area contributed by atoms with Crippen LogP contribution in [0.2, 0.25) is 0 Å². The van der Waals surface area contributed by atoms with Crippen molar-refractivity contribution in [2.45, 2.75) is 70.5 Å². The molecule has 0 aliphatic carbocycles. The van der Waals surface area contributed by atoms with E-state index in [9.17, 15) is 19.2 Å². The van der Waals surface area contributed by atoms with Crippen molar-refractivity contribution in [1.29, 1.82) is 0 Å². The Balaban J connectivity index is 1.80. The summed E-state index contributed by atoms with van der Waals surface area (Å²) in [7, 11) is 2.44. The molecule has 0 aromatic heterocycles. The van der Waals surface area contributed by atoms with E-state index in [4.69, 9.17) is 35.9 Å². The van der Waals surface area contributed by atoms with Crippen molar-refractivity contribution in [1.82, 2.24) is 4.90 Å². The molecule has 3 rings (SSSR count). The highest BCUT2D eigenvalue weighted by molar-refractivity contribution is 8.83. The van der Waals surface area contributed by atoms with Crippen LogP contribution in [-0.4, -0.2) is 76.1 Å². The molecular weight excluding hydrogens is 542 g/mol. The van der Waals surface area contributed by atoms with Crippen molar-refractivity contribution < 1.29 is 42.9 Å². The molecule has 13 heteroatoms. The summed E-state index contributed by atoms with van der Waals surface area (Å²) < 4.78 is 28.2. The minimum atomic E-state index is -1.20.